The summed E-state index contributed by atoms with van der Waals surface area (Å²) in [7, 11) is 0. The molecule has 4 heteroatoms. The zero-order valence-electron chi connectivity index (χ0n) is 11.9. The van der Waals surface area contributed by atoms with Gasteiger partial charge in [-0.2, -0.15) is 0 Å². The summed E-state index contributed by atoms with van der Waals surface area (Å²) in [6, 6.07) is 3.23. The van der Waals surface area contributed by atoms with Crippen molar-refractivity contribution < 1.29 is 9.50 Å². The van der Waals surface area contributed by atoms with Gasteiger partial charge in [0.15, 0.2) is 0 Å². The zero-order chi connectivity index (χ0) is 14.3. The van der Waals surface area contributed by atoms with Crippen molar-refractivity contribution in [2.24, 2.45) is 0 Å². The Bertz CT molecular complexity index is 646. The molecule has 1 N–H and O–H groups in total. The number of aliphatic hydroxyl groups is 1. The number of aryl methyl sites for hydroxylation is 2. The summed E-state index contributed by atoms with van der Waals surface area (Å²) >= 11 is 0. The lowest BCUT2D eigenvalue weighted by Crippen LogP contribution is -2.10. The first-order chi connectivity index (χ1) is 9.58. The molecule has 3 rings (SSSR count). The van der Waals surface area contributed by atoms with Crippen LogP contribution in [-0.2, 0) is 12.8 Å². The van der Waals surface area contributed by atoms with Crippen LogP contribution in [0.1, 0.15) is 48.4 Å². The third-order valence-corrected chi connectivity index (χ3v) is 4.05. The smallest absolute Gasteiger partial charge is 0.126 e. The largest absolute Gasteiger partial charge is 0.389 e. The van der Waals surface area contributed by atoms with Crippen LogP contribution in [0, 0.1) is 12.7 Å². The standard InChI is InChI=1S/C16H19FN2O/c1-10-7-16(12(11(2)20)8-13(10)17)19-9-18-14-5-3-4-6-15(14)19/h7-9,11,20H,3-6H2,1-2H3. The van der Waals surface area contributed by atoms with Crippen molar-refractivity contribution in [1.29, 1.82) is 0 Å². The molecule has 0 radical (unpaired) electrons. The first-order valence-corrected chi connectivity index (χ1v) is 7.11. The molecule has 20 heavy (non-hydrogen) atoms. The first kappa shape index (κ1) is 13.3. The first-order valence-electron chi connectivity index (χ1n) is 7.11. The number of imidazole rings is 1. The summed E-state index contributed by atoms with van der Waals surface area (Å²) < 4.78 is 15.8. The molecule has 0 saturated heterocycles. The van der Waals surface area contributed by atoms with E-state index in [0.717, 1.165) is 30.6 Å². The third-order valence-electron chi connectivity index (χ3n) is 4.05. The fourth-order valence-electron chi connectivity index (χ4n) is 2.90. The average Bonchev–Trinajstić information content (AvgIpc) is 2.85. The van der Waals surface area contributed by atoms with Gasteiger partial charge in [0.2, 0.25) is 0 Å². The summed E-state index contributed by atoms with van der Waals surface area (Å²) in [5.41, 5.74) is 4.37. The quantitative estimate of drug-likeness (QED) is 0.913. The molecule has 2 aromatic rings. The number of hydrogen-bond donors (Lipinski definition) is 1. The topological polar surface area (TPSA) is 38.0 Å². The van der Waals surface area contributed by atoms with E-state index in [1.807, 2.05) is 4.57 Å². The van der Waals surface area contributed by atoms with Crippen LogP contribution in [-0.4, -0.2) is 14.7 Å². The molecule has 1 unspecified atom stereocenters. The minimum atomic E-state index is -0.707. The SMILES string of the molecule is Cc1cc(-n2cnc3c2CCCC3)c(C(C)O)cc1F. The maximum absolute atomic E-state index is 13.8. The van der Waals surface area contributed by atoms with Crippen LogP contribution >= 0.6 is 0 Å². The van der Waals surface area contributed by atoms with Gasteiger partial charge in [-0.25, -0.2) is 9.37 Å². The molecule has 0 spiro atoms. The number of halogens is 1. The van der Waals surface area contributed by atoms with E-state index in [0.29, 0.717) is 11.1 Å². The minimum Gasteiger partial charge on any atom is -0.389 e. The number of fused-ring (bicyclic) bond motifs is 1. The van der Waals surface area contributed by atoms with Crippen molar-refractivity contribution in [2.45, 2.75) is 45.6 Å². The van der Waals surface area contributed by atoms with Crippen molar-refractivity contribution in [1.82, 2.24) is 9.55 Å². The van der Waals surface area contributed by atoms with Crippen LogP contribution < -0.4 is 0 Å². The van der Waals surface area contributed by atoms with Gasteiger partial charge >= 0.3 is 0 Å². The van der Waals surface area contributed by atoms with Crippen molar-refractivity contribution in [2.75, 3.05) is 0 Å². The van der Waals surface area contributed by atoms with E-state index in [-0.39, 0.29) is 5.82 Å². The van der Waals surface area contributed by atoms with Crippen LogP contribution in [0.2, 0.25) is 0 Å². The van der Waals surface area contributed by atoms with Crippen LogP contribution in [0.4, 0.5) is 4.39 Å². The number of aliphatic hydroxyl groups excluding tert-OH is 1. The predicted octanol–water partition coefficient (Wildman–Crippen LogP) is 3.25. The van der Waals surface area contributed by atoms with E-state index in [9.17, 15) is 9.50 Å². The predicted molar refractivity (Wildman–Crippen MR) is 75.5 cm³/mol. The molecule has 1 aliphatic carbocycles. The maximum Gasteiger partial charge on any atom is 0.126 e. The lowest BCUT2D eigenvalue weighted by Gasteiger charge is -2.19. The van der Waals surface area contributed by atoms with E-state index < -0.39 is 6.10 Å². The second kappa shape index (κ2) is 5.02. The molecule has 1 aromatic heterocycles. The summed E-state index contributed by atoms with van der Waals surface area (Å²) in [6.45, 7) is 3.41. The monoisotopic (exact) mass is 274 g/mol. The normalized spacial score (nSPS) is 16.0. The second-order valence-electron chi connectivity index (χ2n) is 5.55. The Balaban J connectivity index is 2.19. The highest BCUT2D eigenvalue weighted by Gasteiger charge is 2.20. The molecule has 1 aromatic carbocycles. The Labute approximate surface area is 118 Å². The number of benzene rings is 1. The highest BCUT2D eigenvalue weighted by Crippen LogP contribution is 2.29. The van der Waals surface area contributed by atoms with Gasteiger partial charge in [0.25, 0.3) is 0 Å². The fourth-order valence-corrected chi connectivity index (χ4v) is 2.90. The molecule has 0 fully saturated rings. The number of aromatic nitrogens is 2. The number of hydrogen-bond acceptors (Lipinski definition) is 2. The van der Waals surface area contributed by atoms with E-state index in [4.69, 9.17) is 0 Å². The van der Waals surface area contributed by atoms with Gasteiger partial charge in [0.1, 0.15) is 5.82 Å². The van der Waals surface area contributed by atoms with Gasteiger partial charge in [-0.15, -0.1) is 0 Å². The summed E-state index contributed by atoms with van der Waals surface area (Å²) in [4.78, 5) is 4.47. The van der Waals surface area contributed by atoms with Crippen LogP contribution in [0.15, 0.2) is 18.5 Å². The van der Waals surface area contributed by atoms with E-state index in [1.165, 1.54) is 18.2 Å². The molecule has 1 heterocycles. The molecule has 1 aliphatic rings. The van der Waals surface area contributed by atoms with Crippen molar-refractivity contribution in [3.63, 3.8) is 0 Å². The number of rotatable bonds is 2. The molecule has 0 amide bonds. The highest BCUT2D eigenvalue weighted by molar-refractivity contribution is 5.47. The van der Waals surface area contributed by atoms with Gasteiger partial charge < -0.3 is 9.67 Å². The Morgan fingerprint density at radius 3 is 2.80 bits per heavy atom. The molecule has 0 bridgehead atoms. The van der Waals surface area contributed by atoms with E-state index in [2.05, 4.69) is 4.98 Å². The Morgan fingerprint density at radius 2 is 2.05 bits per heavy atom. The van der Waals surface area contributed by atoms with Gasteiger partial charge in [0.05, 0.1) is 23.8 Å². The van der Waals surface area contributed by atoms with Crippen molar-refractivity contribution in [3.05, 3.63) is 46.8 Å². The Hall–Kier alpha value is -1.68. The zero-order valence-corrected chi connectivity index (χ0v) is 11.9. The van der Waals surface area contributed by atoms with E-state index >= 15 is 0 Å². The lowest BCUT2D eigenvalue weighted by molar-refractivity contribution is 0.198. The molecular formula is C16H19FN2O. The average molecular weight is 274 g/mol. The van der Waals surface area contributed by atoms with Crippen LogP contribution in [0.3, 0.4) is 0 Å². The summed E-state index contributed by atoms with van der Waals surface area (Å²) in [6.07, 6.45) is 5.42. The minimum absolute atomic E-state index is 0.279. The third kappa shape index (κ3) is 2.14. The Kier molecular flexibility index (Phi) is 3.34. The molecular weight excluding hydrogens is 255 g/mol. The fraction of sp³-hybridized carbons (Fsp3) is 0.438. The molecule has 0 saturated carbocycles. The maximum atomic E-state index is 13.8. The van der Waals surface area contributed by atoms with Crippen LogP contribution in [0.25, 0.3) is 5.69 Å². The second-order valence-corrected chi connectivity index (χ2v) is 5.55. The summed E-state index contributed by atoms with van der Waals surface area (Å²) in [5.74, 6) is -0.279. The van der Waals surface area contributed by atoms with Crippen molar-refractivity contribution in [3.8, 4) is 5.69 Å². The molecule has 0 aliphatic heterocycles. The Morgan fingerprint density at radius 1 is 1.30 bits per heavy atom. The summed E-state index contributed by atoms with van der Waals surface area (Å²) in [5, 5.41) is 9.92. The molecule has 3 nitrogen and oxygen atoms in total. The molecule has 106 valence electrons. The van der Waals surface area contributed by atoms with Crippen LogP contribution in [0.5, 0.6) is 0 Å². The molecule has 1 atom stereocenters. The highest BCUT2D eigenvalue weighted by atomic mass is 19.1. The number of nitrogens with zero attached hydrogens (tertiary/aromatic N) is 2. The van der Waals surface area contributed by atoms with Gasteiger partial charge in [-0.05, 0) is 57.2 Å². The van der Waals surface area contributed by atoms with Gasteiger partial charge in [-0.1, -0.05) is 0 Å². The van der Waals surface area contributed by atoms with E-state index in [1.54, 1.807) is 26.2 Å². The van der Waals surface area contributed by atoms with Gasteiger partial charge in [-0.3, -0.25) is 0 Å². The lowest BCUT2D eigenvalue weighted by atomic mass is 10.00. The van der Waals surface area contributed by atoms with Crippen molar-refractivity contribution >= 4 is 0 Å². The van der Waals surface area contributed by atoms with Gasteiger partial charge in [0, 0.05) is 11.3 Å².